The highest BCUT2D eigenvalue weighted by molar-refractivity contribution is 6.31. The molecule has 2 N–H and O–H groups in total. The standard InChI is InChI=1S/C22H29ClN2O2/c1-3-4-5-6-7-13-27-20-10-8-9-18(14-20)24-16-22(26)25-19-12-11-17(2)21(23)15-19/h8-12,14-15,24H,3-7,13,16H2,1-2H3,(H,25,26). The second kappa shape index (κ2) is 11.5. The average molecular weight is 389 g/mol. The maximum atomic E-state index is 12.1. The summed E-state index contributed by atoms with van der Waals surface area (Å²) in [6, 6.07) is 13.2. The fourth-order valence-corrected chi connectivity index (χ4v) is 2.83. The molecule has 0 heterocycles. The molecule has 4 nitrogen and oxygen atoms in total. The average Bonchev–Trinajstić information content (AvgIpc) is 2.66. The van der Waals surface area contributed by atoms with Gasteiger partial charge in [0.1, 0.15) is 5.75 Å². The Morgan fingerprint density at radius 3 is 2.63 bits per heavy atom. The number of carbonyl (C=O) groups is 1. The molecule has 1 amide bonds. The molecule has 2 aromatic rings. The first-order valence-corrected chi connectivity index (χ1v) is 9.99. The number of ether oxygens (including phenoxy) is 1. The van der Waals surface area contributed by atoms with Crippen molar-refractivity contribution >= 4 is 28.9 Å². The minimum absolute atomic E-state index is 0.128. The molecule has 2 rings (SSSR count). The molecular formula is C22H29ClN2O2. The minimum Gasteiger partial charge on any atom is -0.494 e. The summed E-state index contributed by atoms with van der Waals surface area (Å²) >= 11 is 6.08. The van der Waals surface area contributed by atoms with Crippen LogP contribution in [-0.4, -0.2) is 19.1 Å². The number of nitrogens with one attached hydrogen (secondary N) is 2. The van der Waals surface area contributed by atoms with Crippen LogP contribution < -0.4 is 15.4 Å². The number of hydrogen-bond acceptors (Lipinski definition) is 3. The maximum Gasteiger partial charge on any atom is 0.243 e. The molecule has 0 spiro atoms. The molecule has 0 aliphatic carbocycles. The molecule has 146 valence electrons. The van der Waals surface area contributed by atoms with E-state index in [4.69, 9.17) is 16.3 Å². The van der Waals surface area contributed by atoms with E-state index in [9.17, 15) is 4.79 Å². The molecule has 0 atom stereocenters. The van der Waals surface area contributed by atoms with Crippen LogP contribution in [0.1, 0.15) is 44.6 Å². The highest BCUT2D eigenvalue weighted by Gasteiger charge is 2.05. The first-order valence-electron chi connectivity index (χ1n) is 9.61. The lowest BCUT2D eigenvalue weighted by molar-refractivity contribution is -0.114. The molecule has 2 aromatic carbocycles. The van der Waals surface area contributed by atoms with Crippen molar-refractivity contribution in [3.05, 3.63) is 53.1 Å². The number of benzene rings is 2. The second-order valence-electron chi connectivity index (χ2n) is 6.66. The Bertz CT molecular complexity index is 734. The van der Waals surface area contributed by atoms with Gasteiger partial charge in [0.2, 0.25) is 5.91 Å². The Morgan fingerprint density at radius 1 is 1.04 bits per heavy atom. The van der Waals surface area contributed by atoms with E-state index in [2.05, 4.69) is 17.6 Å². The van der Waals surface area contributed by atoms with Gasteiger partial charge in [0.15, 0.2) is 0 Å². The zero-order valence-corrected chi connectivity index (χ0v) is 16.9. The van der Waals surface area contributed by atoms with Gasteiger partial charge in [0, 0.05) is 22.5 Å². The molecule has 0 saturated carbocycles. The minimum atomic E-state index is -0.128. The highest BCUT2D eigenvalue weighted by Crippen LogP contribution is 2.20. The third-order valence-electron chi connectivity index (χ3n) is 4.26. The van der Waals surface area contributed by atoms with Crippen LogP contribution in [0.15, 0.2) is 42.5 Å². The summed E-state index contributed by atoms with van der Waals surface area (Å²) in [5, 5.41) is 6.60. The van der Waals surface area contributed by atoms with Gasteiger partial charge in [0.25, 0.3) is 0 Å². The number of anilines is 2. The fourth-order valence-electron chi connectivity index (χ4n) is 2.65. The first-order chi connectivity index (χ1) is 13.1. The molecule has 0 fully saturated rings. The fraction of sp³-hybridized carbons (Fsp3) is 0.409. The van der Waals surface area contributed by atoms with Crippen LogP contribution in [0.4, 0.5) is 11.4 Å². The SMILES string of the molecule is CCCCCCCOc1cccc(NCC(=O)Nc2ccc(C)c(Cl)c2)c1. The van der Waals surface area contributed by atoms with Crippen molar-refractivity contribution in [1.82, 2.24) is 0 Å². The Morgan fingerprint density at radius 2 is 1.85 bits per heavy atom. The van der Waals surface area contributed by atoms with Crippen molar-refractivity contribution < 1.29 is 9.53 Å². The summed E-state index contributed by atoms with van der Waals surface area (Å²) in [6.07, 6.45) is 6.08. The maximum absolute atomic E-state index is 12.1. The number of aryl methyl sites for hydroxylation is 1. The summed E-state index contributed by atoms with van der Waals surface area (Å²) in [7, 11) is 0. The molecule has 0 unspecified atom stereocenters. The molecule has 0 bridgehead atoms. The van der Waals surface area contributed by atoms with E-state index in [1.165, 1.54) is 25.7 Å². The third-order valence-corrected chi connectivity index (χ3v) is 4.67. The predicted molar refractivity (Wildman–Crippen MR) is 114 cm³/mol. The smallest absolute Gasteiger partial charge is 0.243 e. The monoisotopic (exact) mass is 388 g/mol. The summed E-state index contributed by atoms with van der Waals surface area (Å²) < 4.78 is 5.80. The number of amides is 1. The number of carbonyl (C=O) groups excluding carboxylic acids is 1. The van der Waals surface area contributed by atoms with E-state index in [1.807, 2.05) is 43.3 Å². The third kappa shape index (κ3) is 7.92. The van der Waals surface area contributed by atoms with E-state index in [1.54, 1.807) is 6.07 Å². The normalized spacial score (nSPS) is 10.5. The van der Waals surface area contributed by atoms with Crippen molar-refractivity contribution in [3.8, 4) is 5.75 Å². The molecule has 0 radical (unpaired) electrons. The van der Waals surface area contributed by atoms with Gasteiger partial charge in [-0.1, -0.05) is 56.3 Å². The van der Waals surface area contributed by atoms with Crippen LogP contribution in [0.3, 0.4) is 0 Å². The number of hydrogen-bond donors (Lipinski definition) is 2. The van der Waals surface area contributed by atoms with Crippen LogP contribution in [0.2, 0.25) is 5.02 Å². The zero-order chi connectivity index (χ0) is 19.5. The quantitative estimate of drug-likeness (QED) is 0.461. The van der Waals surface area contributed by atoms with Gasteiger partial charge in [-0.2, -0.15) is 0 Å². The number of unbranched alkanes of at least 4 members (excludes halogenated alkanes) is 4. The molecule has 0 saturated heterocycles. The van der Waals surface area contributed by atoms with E-state index >= 15 is 0 Å². The van der Waals surface area contributed by atoms with Crippen LogP contribution >= 0.6 is 11.6 Å². The van der Waals surface area contributed by atoms with Gasteiger partial charge in [-0.3, -0.25) is 4.79 Å². The summed E-state index contributed by atoms with van der Waals surface area (Å²) in [5.41, 5.74) is 2.53. The van der Waals surface area contributed by atoms with Crippen LogP contribution in [0, 0.1) is 6.92 Å². The Kier molecular flexibility index (Phi) is 8.99. The molecule has 27 heavy (non-hydrogen) atoms. The lowest BCUT2D eigenvalue weighted by Crippen LogP contribution is -2.21. The van der Waals surface area contributed by atoms with E-state index in [-0.39, 0.29) is 12.5 Å². The van der Waals surface area contributed by atoms with Gasteiger partial charge in [-0.15, -0.1) is 0 Å². The molecule has 0 aliphatic heterocycles. The van der Waals surface area contributed by atoms with E-state index < -0.39 is 0 Å². The van der Waals surface area contributed by atoms with Gasteiger partial charge >= 0.3 is 0 Å². The lowest BCUT2D eigenvalue weighted by atomic mass is 10.2. The Labute approximate surface area is 167 Å². The number of rotatable bonds is 11. The summed E-state index contributed by atoms with van der Waals surface area (Å²) in [4.78, 5) is 12.1. The molecular weight excluding hydrogens is 360 g/mol. The van der Waals surface area contributed by atoms with Crippen LogP contribution in [0.5, 0.6) is 5.75 Å². The van der Waals surface area contributed by atoms with E-state index in [0.717, 1.165) is 30.0 Å². The van der Waals surface area contributed by atoms with Crippen LogP contribution in [0.25, 0.3) is 0 Å². The molecule has 0 aromatic heterocycles. The highest BCUT2D eigenvalue weighted by atomic mass is 35.5. The molecule has 5 heteroatoms. The van der Waals surface area contributed by atoms with Gasteiger partial charge in [-0.25, -0.2) is 0 Å². The van der Waals surface area contributed by atoms with Crippen molar-refractivity contribution in [2.24, 2.45) is 0 Å². The van der Waals surface area contributed by atoms with Crippen LogP contribution in [-0.2, 0) is 4.79 Å². The zero-order valence-electron chi connectivity index (χ0n) is 16.2. The predicted octanol–water partition coefficient (Wildman–Crippen LogP) is 6.05. The summed E-state index contributed by atoms with van der Waals surface area (Å²) in [6.45, 7) is 5.04. The van der Waals surface area contributed by atoms with Gasteiger partial charge in [0.05, 0.1) is 13.2 Å². The van der Waals surface area contributed by atoms with Crippen molar-refractivity contribution in [3.63, 3.8) is 0 Å². The van der Waals surface area contributed by atoms with Crippen molar-refractivity contribution in [1.29, 1.82) is 0 Å². The first kappa shape index (κ1) is 21.1. The topological polar surface area (TPSA) is 50.4 Å². The lowest BCUT2D eigenvalue weighted by Gasteiger charge is -2.11. The van der Waals surface area contributed by atoms with Crippen molar-refractivity contribution in [2.75, 3.05) is 23.8 Å². The summed E-state index contributed by atoms with van der Waals surface area (Å²) in [5.74, 6) is 0.693. The van der Waals surface area contributed by atoms with Crippen molar-refractivity contribution in [2.45, 2.75) is 46.0 Å². The largest absolute Gasteiger partial charge is 0.494 e. The Hall–Kier alpha value is -2.20. The van der Waals surface area contributed by atoms with Gasteiger partial charge in [-0.05, 0) is 43.2 Å². The van der Waals surface area contributed by atoms with Gasteiger partial charge < -0.3 is 15.4 Å². The Balaban J connectivity index is 1.74. The van der Waals surface area contributed by atoms with E-state index in [0.29, 0.717) is 10.7 Å². The number of halogens is 1. The molecule has 0 aliphatic rings. The second-order valence-corrected chi connectivity index (χ2v) is 7.06.